The lowest BCUT2D eigenvalue weighted by atomic mass is 9.97. The maximum Gasteiger partial charge on any atom is 0.260 e. The van der Waals surface area contributed by atoms with Gasteiger partial charge in [-0.3, -0.25) is 14.2 Å². The molecule has 0 saturated carbocycles. The zero-order valence-electron chi connectivity index (χ0n) is 25.9. The van der Waals surface area contributed by atoms with Crippen LogP contribution in [-0.4, -0.2) is 76.6 Å². The van der Waals surface area contributed by atoms with E-state index in [-0.39, 0.29) is 23.1 Å². The number of aromatic nitrogens is 3. The van der Waals surface area contributed by atoms with Crippen molar-refractivity contribution < 1.29 is 9.18 Å². The van der Waals surface area contributed by atoms with E-state index in [9.17, 15) is 9.59 Å². The van der Waals surface area contributed by atoms with Gasteiger partial charge >= 0.3 is 0 Å². The summed E-state index contributed by atoms with van der Waals surface area (Å²) in [6.45, 7) is 10.9. The van der Waals surface area contributed by atoms with Crippen molar-refractivity contribution >= 4 is 34.3 Å². The van der Waals surface area contributed by atoms with E-state index in [0.717, 1.165) is 43.9 Å². The molecule has 6 rings (SSSR count). The molecular weight excluding hydrogens is 557 g/mol. The van der Waals surface area contributed by atoms with Crippen molar-refractivity contribution in [3.05, 3.63) is 76.0 Å². The summed E-state index contributed by atoms with van der Waals surface area (Å²) in [7, 11) is 2.15. The van der Waals surface area contributed by atoms with E-state index in [1.165, 1.54) is 11.8 Å². The van der Waals surface area contributed by atoms with Gasteiger partial charge in [-0.05, 0) is 69.1 Å². The number of likely N-dealkylation sites (N-methyl/N-ethyl adjacent to an activating group) is 1. The number of likely N-dealkylation sites (tertiary alicyclic amines) is 1. The summed E-state index contributed by atoms with van der Waals surface area (Å²) in [6.07, 6.45) is 3.59. The molecule has 44 heavy (non-hydrogen) atoms. The topological polar surface area (TPSA) is 86.6 Å². The third-order valence-corrected chi connectivity index (χ3v) is 9.07. The zero-order chi connectivity index (χ0) is 31.0. The molecule has 0 unspecified atom stereocenters. The normalized spacial score (nSPS) is 17.7. The molecule has 0 aliphatic carbocycles. The number of carbonyl (C=O) groups excluding carboxylic acids is 1. The van der Waals surface area contributed by atoms with Gasteiger partial charge in [-0.2, -0.15) is 4.98 Å². The lowest BCUT2D eigenvalue weighted by molar-refractivity contribution is -0.132. The molecule has 2 saturated heterocycles. The molecule has 0 spiro atoms. The molecule has 2 aromatic heterocycles. The van der Waals surface area contributed by atoms with Gasteiger partial charge in [-0.25, -0.2) is 9.37 Å². The van der Waals surface area contributed by atoms with Crippen molar-refractivity contribution in [3.8, 4) is 11.1 Å². The average Bonchev–Trinajstić information content (AvgIpc) is 3.02. The van der Waals surface area contributed by atoms with Gasteiger partial charge in [-0.15, -0.1) is 0 Å². The SMILES string of the molecule is CCC(=O)N1CCC[C@H](n2c(=O)c(-c3ccccc3F)c(C)c3cnc(Nc4ccc(N5CCN(C)CC5)c(C)c4)nc32)C1. The Labute approximate surface area is 257 Å². The van der Waals surface area contributed by atoms with E-state index < -0.39 is 5.82 Å². The minimum absolute atomic E-state index is 0.0564. The van der Waals surface area contributed by atoms with Crippen LogP contribution in [0.4, 0.5) is 21.7 Å². The minimum Gasteiger partial charge on any atom is -0.369 e. The first-order chi connectivity index (χ1) is 21.2. The minimum atomic E-state index is -0.459. The van der Waals surface area contributed by atoms with Crippen molar-refractivity contribution in [2.24, 2.45) is 0 Å². The highest BCUT2D eigenvalue weighted by atomic mass is 19.1. The van der Waals surface area contributed by atoms with Crippen molar-refractivity contribution in [1.82, 2.24) is 24.3 Å². The number of fused-ring (bicyclic) bond motifs is 1. The number of carbonyl (C=O) groups is 1. The van der Waals surface area contributed by atoms with Crippen LogP contribution < -0.4 is 15.8 Å². The van der Waals surface area contributed by atoms with Gasteiger partial charge in [-0.1, -0.05) is 25.1 Å². The molecule has 4 aromatic rings. The van der Waals surface area contributed by atoms with E-state index in [1.54, 1.807) is 29.0 Å². The number of nitrogens with zero attached hydrogens (tertiary/aromatic N) is 6. The fourth-order valence-corrected chi connectivity index (χ4v) is 6.59. The van der Waals surface area contributed by atoms with Crippen LogP contribution >= 0.6 is 0 Å². The molecule has 0 bridgehead atoms. The molecular formula is C34H40FN7O2. The maximum atomic E-state index is 15.1. The van der Waals surface area contributed by atoms with Crippen molar-refractivity contribution in [1.29, 1.82) is 0 Å². The molecule has 230 valence electrons. The van der Waals surface area contributed by atoms with Crippen molar-refractivity contribution in [2.45, 2.75) is 46.1 Å². The lowest BCUT2D eigenvalue weighted by Gasteiger charge is -2.35. The summed E-state index contributed by atoms with van der Waals surface area (Å²) in [6, 6.07) is 12.3. The molecule has 0 radical (unpaired) electrons. The maximum absolute atomic E-state index is 15.1. The van der Waals surface area contributed by atoms with Gasteiger partial charge in [0, 0.05) is 74.2 Å². The van der Waals surface area contributed by atoms with E-state index >= 15 is 4.39 Å². The smallest absolute Gasteiger partial charge is 0.260 e. The van der Waals surface area contributed by atoms with E-state index in [2.05, 4.69) is 46.2 Å². The van der Waals surface area contributed by atoms with E-state index in [1.807, 2.05) is 24.8 Å². The first kappa shape index (κ1) is 29.7. The second kappa shape index (κ2) is 12.4. The monoisotopic (exact) mass is 597 g/mol. The van der Waals surface area contributed by atoms with Gasteiger partial charge in [0.25, 0.3) is 5.56 Å². The molecule has 2 aliphatic heterocycles. The van der Waals surface area contributed by atoms with Crippen LogP contribution in [0.5, 0.6) is 0 Å². The Kier molecular flexibility index (Phi) is 8.35. The van der Waals surface area contributed by atoms with Crippen LogP contribution in [0.2, 0.25) is 0 Å². The number of nitrogens with one attached hydrogen (secondary N) is 1. The number of amides is 1. The highest BCUT2D eigenvalue weighted by Gasteiger charge is 2.29. The second-order valence-electron chi connectivity index (χ2n) is 12.0. The third-order valence-electron chi connectivity index (χ3n) is 9.07. The molecule has 2 aromatic carbocycles. The van der Waals surface area contributed by atoms with Crippen molar-refractivity contribution in [3.63, 3.8) is 0 Å². The van der Waals surface area contributed by atoms with Gasteiger partial charge in [0.15, 0.2) is 0 Å². The molecule has 1 atom stereocenters. The summed E-state index contributed by atoms with van der Waals surface area (Å²) < 4.78 is 16.8. The van der Waals surface area contributed by atoms with Crippen LogP contribution in [0, 0.1) is 19.7 Å². The largest absolute Gasteiger partial charge is 0.369 e. The van der Waals surface area contributed by atoms with Gasteiger partial charge in [0.2, 0.25) is 11.9 Å². The number of piperazine rings is 1. The quantitative estimate of drug-likeness (QED) is 0.324. The number of hydrogen-bond donors (Lipinski definition) is 1. The summed E-state index contributed by atoms with van der Waals surface area (Å²) >= 11 is 0. The summed E-state index contributed by atoms with van der Waals surface area (Å²) in [4.78, 5) is 43.1. The Hall–Kier alpha value is -4.31. The summed E-state index contributed by atoms with van der Waals surface area (Å²) in [5, 5.41) is 4.02. The number of aryl methyl sites for hydroxylation is 2. The molecule has 1 N–H and O–H groups in total. The first-order valence-corrected chi connectivity index (χ1v) is 15.5. The average molecular weight is 598 g/mol. The van der Waals surface area contributed by atoms with Crippen molar-refractivity contribution in [2.75, 3.05) is 56.5 Å². The number of benzene rings is 2. The van der Waals surface area contributed by atoms with Gasteiger partial charge in [0.1, 0.15) is 11.5 Å². The fourth-order valence-electron chi connectivity index (χ4n) is 6.59. The number of halogens is 1. The van der Waals surface area contributed by atoms with Crippen LogP contribution in [0.3, 0.4) is 0 Å². The van der Waals surface area contributed by atoms with Crippen LogP contribution in [-0.2, 0) is 4.79 Å². The first-order valence-electron chi connectivity index (χ1n) is 15.5. The zero-order valence-corrected chi connectivity index (χ0v) is 25.9. The summed E-state index contributed by atoms with van der Waals surface area (Å²) in [5.41, 5.74) is 4.57. The van der Waals surface area contributed by atoms with Crippen LogP contribution in [0.15, 0.2) is 53.5 Å². The molecule has 9 nitrogen and oxygen atoms in total. The Bertz CT molecular complexity index is 1760. The number of piperidine rings is 1. The highest BCUT2D eigenvalue weighted by Crippen LogP contribution is 2.32. The van der Waals surface area contributed by atoms with E-state index in [4.69, 9.17) is 4.98 Å². The molecule has 10 heteroatoms. The van der Waals surface area contributed by atoms with Crippen LogP contribution in [0.25, 0.3) is 22.2 Å². The second-order valence-corrected chi connectivity index (χ2v) is 12.0. The Balaban J connectivity index is 1.42. The number of pyridine rings is 1. The van der Waals surface area contributed by atoms with Gasteiger partial charge < -0.3 is 20.0 Å². The Morgan fingerprint density at radius 1 is 1.07 bits per heavy atom. The predicted molar refractivity (Wildman–Crippen MR) is 173 cm³/mol. The Morgan fingerprint density at radius 2 is 1.84 bits per heavy atom. The number of hydrogen-bond acceptors (Lipinski definition) is 7. The predicted octanol–water partition coefficient (Wildman–Crippen LogP) is 5.28. The Morgan fingerprint density at radius 3 is 2.57 bits per heavy atom. The van der Waals surface area contributed by atoms with E-state index in [0.29, 0.717) is 54.0 Å². The molecule has 4 heterocycles. The van der Waals surface area contributed by atoms with Crippen LogP contribution in [0.1, 0.15) is 43.4 Å². The molecule has 2 aliphatic rings. The highest BCUT2D eigenvalue weighted by molar-refractivity contribution is 5.87. The van der Waals surface area contributed by atoms with Gasteiger partial charge in [0.05, 0.1) is 11.6 Å². The lowest BCUT2D eigenvalue weighted by Crippen LogP contribution is -2.44. The molecule has 1 amide bonds. The number of rotatable bonds is 6. The third kappa shape index (κ3) is 5.66. The number of anilines is 3. The molecule has 2 fully saturated rings. The fraction of sp³-hybridized carbons (Fsp3) is 0.412. The summed E-state index contributed by atoms with van der Waals surface area (Å²) in [5.74, 6) is -0.0340. The standard InChI is InChI=1S/C34H40FN7O2/c1-5-30(43)41-14-8-9-25(21-41)42-32-27(23(3)31(33(42)44)26-10-6-7-11-28(26)35)20-36-34(38-32)37-24-12-13-29(22(2)19-24)40-17-15-39(4)16-18-40/h6-7,10-13,19-20,25H,5,8-9,14-18,21H2,1-4H3,(H,36,37,38)/t25-/m0/s1.